The molecular weight excluding hydrogens is 306 g/mol. The second-order valence-corrected chi connectivity index (χ2v) is 5.67. The van der Waals surface area contributed by atoms with Crippen molar-refractivity contribution in [2.75, 3.05) is 5.32 Å². The summed E-state index contributed by atoms with van der Waals surface area (Å²) in [5, 5.41) is 11.9. The zero-order chi connectivity index (χ0) is 17.3. The maximum absolute atomic E-state index is 12.5. The van der Waals surface area contributed by atoms with Crippen LogP contribution in [0.15, 0.2) is 47.5 Å². The minimum absolute atomic E-state index is 0.0353. The molecule has 6 heteroatoms. The first kappa shape index (κ1) is 15.9. The molecule has 0 fully saturated rings. The standard InChI is InChI=1S/C18H17N3O3/c1-11-3-6-16-19-8-14(18(24)21(16)9-11)17(23)20-15-7-13(10-22)5-4-12(15)2/h3-9,22H,10H2,1-2H3,(H,20,23). The number of rotatable bonds is 3. The molecule has 24 heavy (non-hydrogen) atoms. The van der Waals surface area contributed by atoms with Gasteiger partial charge in [-0.3, -0.25) is 14.0 Å². The van der Waals surface area contributed by atoms with Crippen LogP contribution in [0, 0.1) is 13.8 Å². The number of nitrogens with zero attached hydrogens (tertiary/aromatic N) is 2. The summed E-state index contributed by atoms with van der Waals surface area (Å²) in [5.41, 5.74) is 3.01. The Morgan fingerprint density at radius 2 is 2.04 bits per heavy atom. The molecule has 0 spiro atoms. The molecule has 2 heterocycles. The Morgan fingerprint density at radius 3 is 2.79 bits per heavy atom. The number of anilines is 1. The van der Waals surface area contributed by atoms with Gasteiger partial charge in [0.1, 0.15) is 11.2 Å². The number of benzene rings is 1. The van der Waals surface area contributed by atoms with Gasteiger partial charge in [0.25, 0.3) is 11.5 Å². The maximum atomic E-state index is 12.5. The Labute approximate surface area is 138 Å². The van der Waals surface area contributed by atoms with Crippen molar-refractivity contribution < 1.29 is 9.90 Å². The number of amides is 1. The van der Waals surface area contributed by atoms with Crippen LogP contribution >= 0.6 is 0 Å². The van der Waals surface area contributed by atoms with Gasteiger partial charge in [-0.2, -0.15) is 0 Å². The maximum Gasteiger partial charge on any atom is 0.270 e. The van der Waals surface area contributed by atoms with Crippen molar-refractivity contribution in [2.45, 2.75) is 20.5 Å². The highest BCUT2D eigenvalue weighted by Gasteiger charge is 2.14. The number of nitrogens with one attached hydrogen (secondary N) is 1. The lowest BCUT2D eigenvalue weighted by molar-refractivity contribution is 0.102. The van der Waals surface area contributed by atoms with Crippen molar-refractivity contribution in [3.05, 3.63) is 75.3 Å². The first-order valence-corrected chi connectivity index (χ1v) is 7.49. The van der Waals surface area contributed by atoms with E-state index in [1.807, 2.05) is 19.9 Å². The van der Waals surface area contributed by atoms with Crippen LogP contribution in [0.3, 0.4) is 0 Å². The molecule has 3 rings (SSSR count). The molecule has 2 aromatic heterocycles. The molecule has 0 saturated carbocycles. The molecule has 0 atom stereocenters. The average Bonchev–Trinajstić information content (AvgIpc) is 2.57. The predicted octanol–water partition coefficient (Wildman–Crippen LogP) is 2.06. The Bertz CT molecular complexity index is 992. The quantitative estimate of drug-likeness (QED) is 0.773. The summed E-state index contributed by atoms with van der Waals surface area (Å²) in [6.07, 6.45) is 2.94. The van der Waals surface area contributed by atoms with E-state index in [1.54, 1.807) is 30.5 Å². The van der Waals surface area contributed by atoms with Gasteiger partial charge in [0.2, 0.25) is 0 Å². The fraction of sp³-hybridized carbons (Fsp3) is 0.167. The molecule has 0 saturated heterocycles. The third-order valence-electron chi connectivity index (χ3n) is 3.83. The molecule has 0 bridgehead atoms. The Kier molecular flexibility index (Phi) is 4.14. The van der Waals surface area contributed by atoms with Gasteiger partial charge in [-0.15, -0.1) is 0 Å². The van der Waals surface area contributed by atoms with Crippen LogP contribution in [0.4, 0.5) is 5.69 Å². The summed E-state index contributed by atoms with van der Waals surface area (Å²) >= 11 is 0. The van der Waals surface area contributed by atoms with Crippen LogP contribution < -0.4 is 10.9 Å². The predicted molar refractivity (Wildman–Crippen MR) is 91.3 cm³/mol. The zero-order valence-corrected chi connectivity index (χ0v) is 13.4. The summed E-state index contributed by atoms with van der Waals surface area (Å²) in [4.78, 5) is 29.2. The molecule has 0 radical (unpaired) electrons. The number of fused-ring (bicyclic) bond motifs is 1. The largest absolute Gasteiger partial charge is 0.392 e. The molecule has 122 valence electrons. The van der Waals surface area contributed by atoms with Gasteiger partial charge in [-0.25, -0.2) is 4.98 Å². The third-order valence-corrected chi connectivity index (χ3v) is 3.83. The number of aromatic nitrogens is 2. The molecule has 0 unspecified atom stereocenters. The smallest absolute Gasteiger partial charge is 0.270 e. The lowest BCUT2D eigenvalue weighted by Crippen LogP contribution is -2.27. The van der Waals surface area contributed by atoms with E-state index in [2.05, 4.69) is 10.3 Å². The van der Waals surface area contributed by atoms with Gasteiger partial charge in [-0.05, 0) is 42.7 Å². The van der Waals surface area contributed by atoms with E-state index in [4.69, 9.17) is 0 Å². The second kappa shape index (κ2) is 6.25. The number of carbonyl (C=O) groups excluding carboxylic acids is 1. The van der Waals surface area contributed by atoms with Gasteiger partial charge in [-0.1, -0.05) is 18.2 Å². The summed E-state index contributed by atoms with van der Waals surface area (Å²) in [6.45, 7) is 3.58. The SMILES string of the molecule is Cc1ccc2ncc(C(=O)Nc3cc(CO)ccc3C)c(=O)n2c1. The number of carbonyl (C=O) groups is 1. The first-order valence-electron chi connectivity index (χ1n) is 7.49. The highest BCUT2D eigenvalue weighted by Crippen LogP contribution is 2.17. The number of pyridine rings is 1. The summed E-state index contributed by atoms with van der Waals surface area (Å²) < 4.78 is 1.36. The topological polar surface area (TPSA) is 83.7 Å². The van der Waals surface area contributed by atoms with Crippen molar-refractivity contribution in [2.24, 2.45) is 0 Å². The molecular formula is C18H17N3O3. The number of aliphatic hydroxyl groups excluding tert-OH is 1. The van der Waals surface area contributed by atoms with Gasteiger partial charge < -0.3 is 10.4 Å². The highest BCUT2D eigenvalue weighted by atomic mass is 16.3. The summed E-state index contributed by atoms with van der Waals surface area (Å²) in [7, 11) is 0. The van der Waals surface area contributed by atoms with E-state index in [9.17, 15) is 14.7 Å². The summed E-state index contributed by atoms with van der Waals surface area (Å²) in [6, 6.07) is 8.85. The van der Waals surface area contributed by atoms with Crippen LogP contribution in [-0.4, -0.2) is 20.4 Å². The van der Waals surface area contributed by atoms with Gasteiger partial charge >= 0.3 is 0 Å². The number of aryl methyl sites for hydroxylation is 2. The fourth-order valence-electron chi connectivity index (χ4n) is 2.43. The van der Waals surface area contributed by atoms with Crippen LogP contribution in [0.5, 0.6) is 0 Å². The summed E-state index contributed by atoms with van der Waals surface area (Å²) in [5.74, 6) is -0.526. The van der Waals surface area contributed by atoms with Gasteiger partial charge in [0, 0.05) is 18.1 Å². The molecule has 6 nitrogen and oxygen atoms in total. The van der Waals surface area contributed by atoms with E-state index in [0.717, 1.165) is 11.1 Å². The number of hydrogen-bond donors (Lipinski definition) is 2. The lowest BCUT2D eigenvalue weighted by Gasteiger charge is -2.10. The van der Waals surface area contributed by atoms with E-state index in [0.29, 0.717) is 16.9 Å². The van der Waals surface area contributed by atoms with Crippen LogP contribution in [0.2, 0.25) is 0 Å². The average molecular weight is 323 g/mol. The van der Waals surface area contributed by atoms with Crippen LogP contribution in [-0.2, 0) is 6.61 Å². The molecule has 0 aliphatic carbocycles. The molecule has 1 amide bonds. The number of hydrogen-bond acceptors (Lipinski definition) is 4. The molecule has 0 aliphatic heterocycles. The van der Waals surface area contributed by atoms with E-state index >= 15 is 0 Å². The number of aliphatic hydroxyl groups is 1. The van der Waals surface area contributed by atoms with E-state index in [-0.39, 0.29) is 12.2 Å². The van der Waals surface area contributed by atoms with E-state index < -0.39 is 11.5 Å². The Balaban J connectivity index is 2.00. The normalized spacial score (nSPS) is 10.8. The molecule has 2 N–H and O–H groups in total. The highest BCUT2D eigenvalue weighted by molar-refractivity contribution is 6.04. The molecule has 0 aliphatic rings. The van der Waals surface area contributed by atoms with Crippen LogP contribution in [0.1, 0.15) is 27.0 Å². The fourth-order valence-corrected chi connectivity index (χ4v) is 2.43. The molecule has 3 aromatic rings. The third kappa shape index (κ3) is 2.91. The first-order chi connectivity index (χ1) is 11.5. The Hall–Kier alpha value is -2.99. The van der Waals surface area contributed by atoms with E-state index in [1.165, 1.54) is 10.6 Å². The van der Waals surface area contributed by atoms with Gasteiger partial charge in [0.05, 0.1) is 6.61 Å². The molecule has 1 aromatic carbocycles. The monoisotopic (exact) mass is 323 g/mol. The van der Waals surface area contributed by atoms with Crippen molar-refractivity contribution in [3.8, 4) is 0 Å². The minimum atomic E-state index is -0.526. The van der Waals surface area contributed by atoms with Crippen LogP contribution in [0.25, 0.3) is 5.65 Å². The van der Waals surface area contributed by atoms with Crippen molar-refractivity contribution in [3.63, 3.8) is 0 Å². The van der Waals surface area contributed by atoms with Crippen molar-refractivity contribution >= 4 is 17.2 Å². The van der Waals surface area contributed by atoms with Gasteiger partial charge in [0.15, 0.2) is 0 Å². The van der Waals surface area contributed by atoms with Crippen molar-refractivity contribution in [1.82, 2.24) is 9.38 Å². The minimum Gasteiger partial charge on any atom is -0.392 e. The lowest BCUT2D eigenvalue weighted by atomic mass is 10.1. The zero-order valence-electron chi connectivity index (χ0n) is 13.4. The second-order valence-electron chi connectivity index (χ2n) is 5.67. The Morgan fingerprint density at radius 1 is 1.25 bits per heavy atom. The van der Waals surface area contributed by atoms with Crippen molar-refractivity contribution in [1.29, 1.82) is 0 Å².